The predicted molar refractivity (Wildman–Crippen MR) is 112 cm³/mol. The number of anilines is 1. The molecule has 0 atom stereocenters. The van der Waals surface area contributed by atoms with Crippen molar-refractivity contribution >= 4 is 34.7 Å². The molecule has 3 aromatic heterocycles. The number of piperidine rings is 1. The van der Waals surface area contributed by atoms with Crippen molar-refractivity contribution in [3.63, 3.8) is 0 Å². The van der Waals surface area contributed by atoms with E-state index in [0.29, 0.717) is 41.5 Å². The molecule has 1 aliphatic heterocycles. The van der Waals surface area contributed by atoms with Crippen molar-refractivity contribution in [3.8, 4) is 11.4 Å². The molecule has 4 rings (SSSR count). The Morgan fingerprint density at radius 1 is 1.17 bits per heavy atom. The van der Waals surface area contributed by atoms with Crippen molar-refractivity contribution in [1.82, 2.24) is 34.4 Å². The van der Waals surface area contributed by atoms with Crippen LogP contribution in [0.4, 0.5) is 10.6 Å². The molecule has 1 fully saturated rings. The minimum absolute atomic E-state index is 0.101. The Morgan fingerprint density at radius 2 is 1.90 bits per heavy atom. The highest BCUT2D eigenvalue weighted by atomic mass is 35.5. The van der Waals surface area contributed by atoms with Crippen molar-refractivity contribution in [2.24, 2.45) is 0 Å². The van der Waals surface area contributed by atoms with Crippen molar-refractivity contribution in [2.75, 3.05) is 18.8 Å². The summed E-state index contributed by atoms with van der Waals surface area (Å²) in [5.74, 6) is 0.317. The summed E-state index contributed by atoms with van der Waals surface area (Å²) < 4.78 is 7.46. The van der Waals surface area contributed by atoms with Crippen LogP contribution in [0.25, 0.3) is 22.6 Å². The van der Waals surface area contributed by atoms with Crippen LogP contribution >= 0.6 is 11.6 Å². The van der Waals surface area contributed by atoms with Crippen LogP contribution in [0.15, 0.2) is 18.7 Å². The highest BCUT2D eigenvalue weighted by Crippen LogP contribution is 2.30. The highest BCUT2D eigenvalue weighted by molar-refractivity contribution is 6.28. The number of aromatic nitrogens is 6. The fraction of sp³-hybridized carbons (Fsp3) is 0.474. The Labute approximate surface area is 178 Å². The van der Waals surface area contributed by atoms with E-state index >= 15 is 0 Å². The van der Waals surface area contributed by atoms with E-state index in [1.165, 1.54) is 12.4 Å². The third-order valence-electron chi connectivity index (χ3n) is 4.82. The molecule has 3 aromatic rings. The van der Waals surface area contributed by atoms with Crippen LogP contribution in [-0.2, 0) is 4.74 Å². The molecular weight excluding hydrogens is 408 g/mol. The molecule has 1 saturated heterocycles. The van der Waals surface area contributed by atoms with Gasteiger partial charge in [-0.2, -0.15) is 4.98 Å². The van der Waals surface area contributed by atoms with E-state index in [2.05, 4.69) is 24.9 Å². The zero-order valence-electron chi connectivity index (χ0n) is 17.0. The number of likely N-dealkylation sites (tertiary alicyclic amines) is 1. The van der Waals surface area contributed by atoms with Crippen LogP contribution in [0.3, 0.4) is 0 Å². The number of rotatable bonds is 2. The molecule has 1 aliphatic rings. The van der Waals surface area contributed by atoms with Crippen LogP contribution in [0.2, 0.25) is 5.28 Å². The monoisotopic (exact) mass is 430 g/mol. The van der Waals surface area contributed by atoms with Crippen LogP contribution in [0.1, 0.15) is 39.7 Å². The first kappa shape index (κ1) is 20.3. The second kappa shape index (κ2) is 7.67. The van der Waals surface area contributed by atoms with E-state index in [-0.39, 0.29) is 17.4 Å². The highest BCUT2D eigenvalue weighted by Gasteiger charge is 2.29. The van der Waals surface area contributed by atoms with Crippen LogP contribution in [0.5, 0.6) is 0 Å². The second-order valence-corrected chi connectivity index (χ2v) is 8.53. The largest absolute Gasteiger partial charge is 0.444 e. The first-order valence-electron chi connectivity index (χ1n) is 9.67. The quantitative estimate of drug-likeness (QED) is 0.614. The maximum absolute atomic E-state index is 12.3. The van der Waals surface area contributed by atoms with Crippen molar-refractivity contribution < 1.29 is 9.53 Å². The first-order valence-corrected chi connectivity index (χ1v) is 10.0. The minimum atomic E-state index is -0.510. The standard InChI is InChI=1S/C19H23ClN8O2/c1-19(2,3)30-18(29)27-6-4-11(5-7-27)28-10-24-15-14(25-17(20)26-16(15)28)12-8-23-13(21)9-22-12/h8-11H,4-7H2,1-3H3,(H2,21,23). The maximum Gasteiger partial charge on any atom is 0.410 e. The van der Waals surface area contributed by atoms with E-state index in [9.17, 15) is 4.79 Å². The summed E-state index contributed by atoms with van der Waals surface area (Å²) in [6, 6.07) is 0.130. The summed E-state index contributed by atoms with van der Waals surface area (Å²) in [7, 11) is 0. The normalized spacial score (nSPS) is 15.5. The average Bonchev–Trinajstić information content (AvgIpc) is 3.10. The van der Waals surface area contributed by atoms with Gasteiger partial charge in [0.05, 0.1) is 18.7 Å². The van der Waals surface area contributed by atoms with E-state index in [1.54, 1.807) is 11.2 Å². The number of hydrogen-bond acceptors (Lipinski definition) is 8. The molecule has 0 radical (unpaired) electrons. The van der Waals surface area contributed by atoms with Gasteiger partial charge in [0.1, 0.15) is 28.3 Å². The summed E-state index contributed by atoms with van der Waals surface area (Å²) in [4.78, 5) is 35.6. The Bertz CT molecular complexity index is 1070. The van der Waals surface area contributed by atoms with Gasteiger partial charge in [0.25, 0.3) is 0 Å². The molecule has 0 bridgehead atoms. The van der Waals surface area contributed by atoms with E-state index < -0.39 is 5.60 Å². The Hall–Kier alpha value is -3.01. The lowest BCUT2D eigenvalue weighted by Gasteiger charge is -2.33. The number of imidazole rings is 1. The molecule has 2 N–H and O–H groups in total. The number of halogens is 1. The summed E-state index contributed by atoms with van der Waals surface area (Å²) in [5, 5.41) is 0.101. The number of hydrogen-bond donors (Lipinski definition) is 1. The maximum atomic E-state index is 12.3. The zero-order valence-corrected chi connectivity index (χ0v) is 17.8. The molecule has 10 nitrogen and oxygen atoms in total. The molecule has 0 saturated carbocycles. The number of nitrogen functional groups attached to an aromatic ring is 1. The van der Waals surface area contributed by atoms with Gasteiger partial charge in [0.2, 0.25) is 5.28 Å². The molecule has 158 valence electrons. The van der Waals surface area contributed by atoms with Gasteiger partial charge >= 0.3 is 6.09 Å². The molecule has 11 heteroatoms. The SMILES string of the molecule is CC(C)(C)OC(=O)N1CCC(n2cnc3c(-c4cnc(N)cn4)nc(Cl)nc32)CC1. The summed E-state index contributed by atoms with van der Waals surface area (Å²) in [5.41, 5.74) is 7.35. The second-order valence-electron chi connectivity index (χ2n) is 8.19. The van der Waals surface area contributed by atoms with Crippen LogP contribution < -0.4 is 5.73 Å². The number of carbonyl (C=O) groups excluding carboxylic acids is 1. The molecule has 0 aromatic carbocycles. The van der Waals surface area contributed by atoms with E-state index in [0.717, 1.165) is 12.8 Å². The third-order valence-corrected chi connectivity index (χ3v) is 4.99. The van der Waals surface area contributed by atoms with Gasteiger partial charge in [-0.05, 0) is 45.2 Å². The van der Waals surface area contributed by atoms with E-state index in [4.69, 9.17) is 22.1 Å². The number of ether oxygens (including phenoxy) is 1. The Balaban J connectivity index is 1.58. The lowest BCUT2D eigenvalue weighted by atomic mass is 10.1. The fourth-order valence-corrected chi connectivity index (χ4v) is 3.61. The smallest absolute Gasteiger partial charge is 0.410 e. The number of fused-ring (bicyclic) bond motifs is 1. The number of amides is 1. The van der Waals surface area contributed by atoms with Gasteiger partial charge in [-0.15, -0.1) is 0 Å². The zero-order chi connectivity index (χ0) is 21.5. The van der Waals surface area contributed by atoms with Crippen molar-refractivity contribution in [1.29, 1.82) is 0 Å². The topological polar surface area (TPSA) is 125 Å². The molecule has 0 spiro atoms. The van der Waals surface area contributed by atoms with Gasteiger partial charge in [-0.25, -0.2) is 24.7 Å². The fourth-order valence-electron chi connectivity index (χ4n) is 3.45. The number of nitrogens with two attached hydrogens (primary N) is 1. The number of carbonyl (C=O) groups is 1. The lowest BCUT2D eigenvalue weighted by molar-refractivity contribution is 0.0189. The summed E-state index contributed by atoms with van der Waals surface area (Å²) in [6.45, 7) is 6.77. The van der Waals surface area contributed by atoms with Crippen LogP contribution in [0, 0.1) is 0 Å². The van der Waals surface area contributed by atoms with Crippen molar-refractivity contribution in [3.05, 3.63) is 24.0 Å². The first-order chi connectivity index (χ1) is 14.2. The van der Waals surface area contributed by atoms with Gasteiger partial charge in [-0.1, -0.05) is 0 Å². The third kappa shape index (κ3) is 4.13. The van der Waals surface area contributed by atoms with Gasteiger partial charge in [0, 0.05) is 19.1 Å². The van der Waals surface area contributed by atoms with Gasteiger partial charge in [-0.3, -0.25) is 0 Å². The molecule has 0 aliphatic carbocycles. The predicted octanol–water partition coefficient (Wildman–Crippen LogP) is 3.09. The molecule has 30 heavy (non-hydrogen) atoms. The lowest BCUT2D eigenvalue weighted by Crippen LogP contribution is -2.42. The molecule has 0 unspecified atom stereocenters. The molecular formula is C19H23ClN8O2. The summed E-state index contributed by atoms with van der Waals surface area (Å²) in [6.07, 6.45) is 5.95. The minimum Gasteiger partial charge on any atom is -0.444 e. The molecule has 1 amide bonds. The van der Waals surface area contributed by atoms with E-state index in [1.807, 2.05) is 25.3 Å². The van der Waals surface area contributed by atoms with Gasteiger partial charge in [0.15, 0.2) is 5.65 Å². The van der Waals surface area contributed by atoms with Gasteiger partial charge < -0.3 is 19.9 Å². The summed E-state index contributed by atoms with van der Waals surface area (Å²) >= 11 is 6.19. The Kier molecular flexibility index (Phi) is 5.19. The van der Waals surface area contributed by atoms with Crippen LogP contribution in [-0.4, -0.2) is 59.2 Å². The van der Waals surface area contributed by atoms with Crippen molar-refractivity contribution in [2.45, 2.75) is 45.3 Å². The Morgan fingerprint density at radius 3 is 2.53 bits per heavy atom. The number of nitrogens with zero attached hydrogens (tertiary/aromatic N) is 7. The average molecular weight is 431 g/mol. The molecule has 4 heterocycles.